The maximum absolute atomic E-state index is 13.4. The van der Waals surface area contributed by atoms with Crippen LogP contribution in [0.4, 0.5) is 33.6 Å². The van der Waals surface area contributed by atoms with Crippen molar-refractivity contribution in [3.63, 3.8) is 0 Å². The number of rotatable bonds is 5. The van der Waals surface area contributed by atoms with Crippen molar-refractivity contribution in [2.75, 3.05) is 28.6 Å². The van der Waals surface area contributed by atoms with E-state index in [1.807, 2.05) is 30.3 Å². The monoisotopic (exact) mass is 350 g/mol. The van der Waals surface area contributed by atoms with Crippen LogP contribution in [-0.2, 0) is 0 Å². The zero-order valence-corrected chi connectivity index (χ0v) is 14.2. The topological polar surface area (TPSA) is 66.0 Å². The second-order valence-corrected chi connectivity index (χ2v) is 6.10. The van der Waals surface area contributed by atoms with Gasteiger partial charge in [-0.15, -0.1) is 0 Å². The zero-order chi connectivity index (χ0) is 17.8. The summed E-state index contributed by atoms with van der Waals surface area (Å²) in [5.74, 6) is 1.14. The summed E-state index contributed by atoms with van der Waals surface area (Å²) in [5, 5.41) is 6.27. The van der Waals surface area contributed by atoms with Crippen LogP contribution in [0.5, 0.6) is 0 Å². The van der Waals surface area contributed by atoms with Gasteiger partial charge in [-0.2, -0.15) is 15.0 Å². The lowest BCUT2D eigenvalue weighted by Gasteiger charge is -2.17. The fraction of sp³-hybridized carbons (Fsp3) is 0.211. The minimum Gasteiger partial charge on any atom is -0.341 e. The molecule has 0 aliphatic carbocycles. The lowest BCUT2D eigenvalue weighted by Crippen LogP contribution is -2.21. The van der Waals surface area contributed by atoms with E-state index in [9.17, 15) is 4.39 Å². The minimum atomic E-state index is -0.313. The van der Waals surface area contributed by atoms with Gasteiger partial charge in [0.2, 0.25) is 17.8 Å². The summed E-state index contributed by atoms with van der Waals surface area (Å²) in [6.07, 6.45) is 2.25. The summed E-state index contributed by atoms with van der Waals surface area (Å²) in [7, 11) is 0. The molecular formula is C19H19FN6. The molecule has 1 aromatic heterocycles. The van der Waals surface area contributed by atoms with E-state index < -0.39 is 0 Å². The van der Waals surface area contributed by atoms with Crippen LogP contribution < -0.4 is 15.5 Å². The molecule has 0 spiro atoms. The summed E-state index contributed by atoms with van der Waals surface area (Å²) in [4.78, 5) is 15.6. The number of halogens is 1. The Kier molecular flexibility index (Phi) is 4.59. The first-order valence-corrected chi connectivity index (χ1v) is 8.62. The van der Waals surface area contributed by atoms with Crippen molar-refractivity contribution >= 4 is 29.2 Å². The van der Waals surface area contributed by atoms with E-state index in [-0.39, 0.29) is 5.82 Å². The maximum Gasteiger partial charge on any atom is 0.233 e. The molecule has 1 aliphatic heterocycles. The number of nitrogens with zero attached hydrogens (tertiary/aromatic N) is 4. The molecule has 0 amide bonds. The van der Waals surface area contributed by atoms with Crippen LogP contribution in [-0.4, -0.2) is 28.0 Å². The van der Waals surface area contributed by atoms with E-state index in [4.69, 9.17) is 0 Å². The third kappa shape index (κ3) is 3.88. The quantitative estimate of drug-likeness (QED) is 0.722. The van der Waals surface area contributed by atoms with Gasteiger partial charge in [-0.25, -0.2) is 4.39 Å². The molecule has 26 heavy (non-hydrogen) atoms. The molecular weight excluding hydrogens is 331 g/mol. The fourth-order valence-electron chi connectivity index (χ4n) is 2.88. The molecule has 1 fully saturated rings. The molecule has 3 aromatic rings. The van der Waals surface area contributed by atoms with Crippen LogP contribution in [0.1, 0.15) is 12.8 Å². The van der Waals surface area contributed by atoms with Gasteiger partial charge in [0.1, 0.15) is 5.82 Å². The lowest BCUT2D eigenvalue weighted by molar-refractivity contribution is 0.628. The van der Waals surface area contributed by atoms with Crippen molar-refractivity contribution in [3.8, 4) is 0 Å². The highest BCUT2D eigenvalue weighted by atomic mass is 19.1. The van der Waals surface area contributed by atoms with E-state index in [2.05, 4.69) is 30.5 Å². The summed E-state index contributed by atoms with van der Waals surface area (Å²) < 4.78 is 13.4. The molecule has 4 rings (SSSR count). The van der Waals surface area contributed by atoms with Gasteiger partial charge >= 0.3 is 0 Å². The average molecular weight is 350 g/mol. The highest BCUT2D eigenvalue weighted by molar-refractivity contribution is 5.59. The first-order valence-electron chi connectivity index (χ1n) is 8.62. The molecule has 132 valence electrons. The normalized spacial score (nSPS) is 13.7. The van der Waals surface area contributed by atoms with Crippen molar-refractivity contribution < 1.29 is 4.39 Å². The second-order valence-electron chi connectivity index (χ2n) is 6.10. The van der Waals surface area contributed by atoms with E-state index in [1.165, 1.54) is 12.1 Å². The fourth-order valence-corrected chi connectivity index (χ4v) is 2.88. The molecule has 0 bridgehead atoms. The third-order valence-corrected chi connectivity index (χ3v) is 4.12. The Bertz CT molecular complexity index is 880. The van der Waals surface area contributed by atoms with Gasteiger partial charge in [-0.05, 0) is 43.2 Å². The number of aromatic nitrogens is 3. The zero-order valence-electron chi connectivity index (χ0n) is 14.2. The number of benzene rings is 2. The van der Waals surface area contributed by atoms with Gasteiger partial charge in [0.15, 0.2) is 0 Å². The van der Waals surface area contributed by atoms with Gasteiger partial charge in [-0.3, -0.25) is 0 Å². The largest absolute Gasteiger partial charge is 0.341 e. The van der Waals surface area contributed by atoms with Crippen LogP contribution in [0.3, 0.4) is 0 Å². The Morgan fingerprint density at radius 1 is 0.769 bits per heavy atom. The Morgan fingerprint density at radius 3 is 2.12 bits per heavy atom. The predicted molar refractivity (Wildman–Crippen MR) is 101 cm³/mol. The molecule has 1 saturated heterocycles. The molecule has 7 heteroatoms. The summed E-state index contributed by atoms with van der Waals surface area (Å²) >= 11 is 0. The molecule has 6 nitrogen and oxygen atoms in total. The van der Waals surface area contributed by atoms with E-state index in [0.29, 0.717) is 23.5 Å². The number of anilines is 5. The average Bonchev–Trinajstić information content (AvgIpc) is 3.17. The highest BCUT2D eigenvalue weighted by Crippen LogP contribution is 2.22. The van der Waals surface area contributed by atoms with Gasteiger partial charge in [-0.1, -0.05) is 24.3 Å². The Labute approximate surface area is 151 Å². The van der Waals surface area contributed by atoms with Crippen LogP contribution >= 0.6 is 0 Å². The van der Waals surface area contributed by atoms with Crippen LogP contribution in [0.2, 0.25) is 0 Å². The Hall–Kier alpha value is -3.22. The Morgan fingerprint density at radius 2 is 1.42 bits per heavy atom. The van der Waals surface area contributed by atoms with E-state index >= 15 is 0 Å². The molecule has 2 aromatic carbocycles. The second kappa shape index (κ2) is 7.35. The summed E-state index contributed by atoms with van der Waals surface area (Å²) in [6, 6.07) is 15.9. The van der Waals surface area contributed by atoms with Crippen LogP contribution in [0, 0.1) is 5.82 Å². The van der Waals surface area contributed by atoms with E-state index in [0.717, 1.165) is 31.6 Å². The standard InChI is InChI=1S/C19H19FN6/c20-14-7-6-10-16(13-14)22-18-23-17(21-15-8-2-1-3-9-15)24-19(25-18)26-11-4-5-12-26/h1-3,6-10,13H,4-5,11-12H2,(H2,21,22,23,24,25). The summed E-state index contributed by atoms with van der Waals surface area (Å²) in [5.41, 5.74) is 1.48. The molecule has 0 saturated carbocycles. The lowest BCUT2D eigenvalue weighted by atomic mass is 10.3. The van der Waals surface area contributed by atoms with Gasteiger partial charge in [0.25, 0.3) is 0 Å². The minimum absolute atomic E-state index is 0.313. The Balaban J connectivity index is 1.65. The smallest absolute Gasteiger partial charge is 0.233 e. The SMILES string of the molecule is Fc1cccc(Nc2nc(Nc3ccccc3)nc(N3CCCC3)n2)c1. The molecule has 2 N–H and O–H groups in total. The van der Waals surface area contributed by atoms with E-state index in [1.54, 1.807) is 12.1 Å². The van der Waals surface area contributed by atoms with Crippen LogP contribution in [0.25, 0.3) is 0 Å². The van der Waals surface area contributed by atoms with Gasteiger partial charge in [0, 0.05) is 24.5 Å². The number of hydrogen-bond donors (Lipinski definition) is 2. The van der Waals surface area contributed by atoms with Crippen molar-refractivity contribution in [1.82, 2.24) is 15.0 Å². The summed E-state index contributed by atoms with van der Waals surface area (Å²) in [6.45, 7) is 1.85. The first-order chi connectivity index (χ1) is 12.8. The van der Waals surface area contributed by atoms with Crippen molar-refractivity contribution in [1.29, 1.82) is 0 Å². The predicted octanol–water partition coefficient (Wildman–Crippen LogP) is 4.10. The molecule has 1 aliphatic rings. The molecule has 0 radical (unpaired) electrons. The first kappa shape index (κ1) is 16.3. The van der Waals surface area contributed by atoms with Crippen molar-refractivity contribution in [2.24, 2.45) is 0 Å². The van der Waals surface area contributed by atoms with Crippen molar-refractivity contribution in [3.05, 3.63) is 60.4 Å². The number of nitrogens with one attached hydrogen (secondary N) is 2. The van der Waals surface area contributed by atoms with Crippen molar-refractivity contribution in [2.45, 2.75) is 12.8 Å². The highest BCUT2D eigenvalue weighted by Gasteiger charge is 2.17. The van der Waals surface area contributed by atoms with Crippen LogP contribution in [0.15, 0.2) is 54.6 Å². The maximum atomic E-state index is 13.4. The number of hydrogen-bond acceptors (Lipinski definition) is 6. The number of para-hydroxylation sites is 1. The molecule has 2 heterocycles. The third-order valence-electron chi connectivity index (χ3n) is 4.12. The van der Waals surface area contributed by atoms with Gasteiger partial charge in [0.05, 0.1) is 0 Å². The molecule has 0 unspecified atom stereocenters. The molecule has 0 atom stereocenters. The van der Waals surface area contributed by atoms with Gasteiger partial charge < -0.3 is 15.5 Å².